The van der Waals surface area contributed by atoms with Gasteiger partial charge in [0.1, 0.15) is 0 Å². The molecule has 0 heterocycles. The van der Waals surface area contributed by atoms with Crippen LogP contribution in [0.15, 0.2) is 22.8 Å². The average molecular weight is 145 g/mol. The molecule has 0 atom stereocenters. The highest BCUT2D eigenvalue weighted by Crippen LogP contribution is 2.08. The second kappa shape index (κ2) is 4.63. The predicted molar refractivity (Wildman–Crippen MR) is 43.7 cm³/mol. The van der Waals surface area contributed by atoms with Gasteiger partial charge in [-0.2, -0.15) is 0 Å². The predicted octanol–water partition coefficient (Wildman–Crippen LogP) is 3.49. The summed E-state index contributed by atoms with van der Waals surface area (Å²) in [6, 6.07) is 0. The van der Waals surface area contributed by atoms with Gasteiger partial charge in [0.25, 0.3) is 0 Å². The van der Waals surface area contributed by atoms with Gasteiger partial charge in [0.05, 0.1) is 0 Å². The lowest BCUT2D eigenvalue weighted by Gasteiger charge is -1.90. The molecule has 52 valence electrons. The van der Waals surface area contributed by atoms with Crippen molar-refractivity contribution in [3.63, 3.8) is 0 Å². The Hall–Kier alpha value is -0.230. The topological polar surface area (TPSA) is 0 Å². The summed E-state index contributed by atoms with van der Waals surface area (Å²) >= 11 is 5.69. The number of halogens is 1. The molecule has 9 heavy (non-hydrogen) atoms. The Kier molecular flexibility index (Phi) is 4.51. The van der Waals surface area contributed by atoms with E-state index in [-0.39, 0.29) is 0 Å². The van der Waals surface area contributed by atoms with Crippen molar-refractivity contribution in [3.8, 4) is 0 Å². The molecule has 0 spiro atoms. The van der Waals surface area contributed by atoms with E-state index in [1.807, 2.05) is 19.9 Å². The van der Waals surface area contributed by atoms with E-state index in [0.29, 0.717) is 0 Å². The van der Waals surface area contributed by atoms with E-state index >= 15 is 0 Å². The highest BCUT2D eigenvalue weighted by molar-refractivity contribution is 6.29. The van der Waals surface area contributed by atoms with Crippen molar-refractivity contribution in [1.82, 2.24) is 0 Å². The van der Waals surface area contributed by atoms with Crippen molar-refractivity contribution in [2.24, 2.45) is 0 Å². The molecule has 0 unspecified atom stereocenters. The Morgan fingerprint density at radius 2 is 2.00 bits per heavy atom. The van der Waals surface area contributed by atoms with Crippen LogP contribution in [0.4, 0.5) is 0 Å². The zero-order valence-corrected chi connectivity index (χ0v) is 7.00. The third-order valence-corrected chi connectivity index (χ3v) is 1.45. The highest BCUT2D eigenvalue weighted by atomic mass is 35.5. The standard InChI is InChI=1S/C8H13Cl/c1-4-5-6-7(2)8(3)9/h5-6H,4H2,1-3H3. The van der Waals surface area contributed by atoms with E-state index in [0.717, 1.165) is 17.0 Å². The molecule has 0 radical (unpaired) electrons. The molecule has 0 bridgehead atoms. The molecule has 0 aromatic rings. The summed E-state index contributed by atoms with van der Waals surface area (Å²) < 4.78 is 0. The van der Waals surface area contributed by atoms with E-state index in [4.69, 9.17) is 11.6 Å². The smallest absolute Gasteiger partial charge is 0.0179 e. The Bertz CT molecular complexity index is 128. The SMILES string of the molecule is CCC=CC(C)=C(C)Cl. The minimum Gasteiger partial charge on any atom is -0.0892 e. The van der Waals surface area contributed by atoms with Crippen LogP contribution in [0.2, 0.25) is 0 Å². The fraction of sp³-hybridized carbons (Fsp3) is 0.500. The van der Waals surface area contributed by atoms with Gasteiger partial charge < -0.3 is 0 Å². The lowest BCUT2D eigenvalue weighted by Crippen LogP contribution is -1.69. The molecule has 0 aliphatic carbocycles. The van der Waals surface area contributed by atoms with Gasteiger partial charge in [-0.3, -0.25) is 0 Å². The molecule has 0 aliphatic rings. The van der Waals surface area contributed by atoms with Crippen molar-refractivity contribution < 1.29 is 0 Å². The minimum absolute atomic E-state index is 0.875. The van der Waals surface area contributed by atoms with Gasteiger partial charge in [0.2, 0.25) is 0 Å². The molecular formula is C8H13Cl. The van der Waals surface area contributed by atoms with Gasteiger partial charge in [-0.25, -0.2) is 0 Å². The van der Waals surface area contributed by atoms with Crippen LogP contribution in [-0.2, 0) is 0 Å². The molecule has 0 aromatic heterocycles. The van der Waals surface area contributed by atoms with E-state index in [1.54, 1.807) is 0 Å². The van der Waals surface area contributed by atoms with Gasteiger partial charge >= 0.3 is 0 Å². The molecule has 0 fully saturated rings. The van der Waals surface area contributed by atoms with Gasteiger partial charge in [0, 0.05) is 5.03 Å². The van der Waals surface area contributed by atoms with Crippen LogP contribution in [0.25, 0.3) is 0 Å². The van der Waals surface area contributed by atoms with E-state index in [1.165, 1.54) is 0 Å². The first-order valence-electron chi connectivity index (χ1n) is 3.18. The summed E-state index contributed by atoms with van der Waals surface area (Å²) in [6.07, 6.45) is 5.21. The molecule has 0 aromatic carbocycles. The summed E-state index contributed by atoms with van der Waals surface area (Å²) in [4.78, 5) is 0. The maximum absolute atomic E-state index is 5.69. The molecule has 0 rings (SSSR count). The second-order valence-electron chi connectivity index (χ2n) is 2.03. The van der Waals surface area contributed by atoms with Crippen molar-refractivity contribution >= 4 is 11.6 Å². The fourth-order valence-corrected chi connectivity index (χ4v) is 0.472. The van der Waals surface area contributed by atoms with E-state index < -0.39 is 0 Å². The number of hydrogen-bond donors (Lipinski definition) is 0. The molecule has 0 aliphatic heterocycles. The Balaban J connectivity index is 3.91. The zero-order chi connectivity index (χ0) is 7.28. The molecule has 1 heteroatoms. The lowest BCUT2D eigenvalue weighted by molar-refractivity contribution is 1.21. The van der Waals surface area contributed by atoms with Crippen LogP contribution in [0.5, 0.6) is 0 Å². The van der Waals surface area contributed by atoms with Crippen LogP contribution in [-0.4, -0.2) is 0 Å². The summed E-state index contributed by atoms with van der Waals surface area (Å²) in [5.41, 5.74) is 1.15. The summed E-state index contributed by atoms with van der Waals surface area (Å²) in [5, 5.41) is 0.875. The van der Waals surface area contributed by atoms with Gasteiger partial charge in [0.15, 0.2) is 0 Å². The van der Waals surface area contributed by atoms with Crippen molar-refractivity contribution in [3.05, 3.63) is 22.8 Å². The Morgan fingerprint density at radius 3 is 2.33 bits per heavy atom. The van der Waals surface area contributed by atoms with Crippen molar-refractivity contribution in [1.29, 1.82) is 0 Å². The first kappa shape index (κ1) is 8.77. The maximum atomic E-state index is 5.69. The van der Waals surface area contributed by atoms with Crippen LogP contribution >= 0.6 is 11.6 Å². The lowest BCUT2D eigenvalue weighted by atomic mass is 10.2. The monoisotopic (exact) mass is 144 g/mol. The van der Waals surface area contributed by atoms with Crippen molar-refractivity contribution in [2.45, 2.75) is 27.2 Å². The molecule has 0 nitrogen and oxygen atoms in total. The first-order chi connectivity index (χ1) is 4.18. The van der Waals surface area contributed by atoms with E-state index in [9.17, 15) is 0 Å². The summed E-state index contributed by atoms with van der Waals surface area (Å²) in [6.45, 7) is 6.01. The van der Waals surface area contributed by atoms with Gasteiger partial charge in [-0.15, -0.1) is 0 Å². The fourth-order valence-electron chi connectivity index (χ4n) is 0.409. The molecule has 0 amide bonds. The Labute approximate surface area is 62.2 Å². The number of rotatable bonds is 2. The second-order valence-corrected chi connectivity index (χ2v) is 2.59. The normalized spacial score (nSPS) is 14.2. The molecular weight excluding hydrogens is 132 g/mol. The minimum atomic E-state index is 0.875. The van der Waals surface area contributed by atoms with E-state index in [2.05, 4.69) is 13.0 Å². The molecule has 0 saturated heterocycles. The molecule has 0 N–H and O–H groups in total. The maximum Gasteiger partial charge on any atom is 0.0179 e. The Morgan fingerprint density at radius 1 is 1.44 bits per heavy atom. The average Bonchev–Trinajstić information content (AvgIpc) is 1.82. The third kappa shape index (κ3) is 4.28. The van der Waals surface area contributed by atoms with Crippen LogP contribution in [0, 0.1) is 0 Å². The number of allylic oxidation sites excluding steroid dienone is 4. The first-order valence-corrected chi connectivity index (χ1v) is 3.55. The third-order valence-electron chi connectivity index (χ3n) is 1.15. The summed E-state index contributed by atoms with van der Waals surface area (Å²) in [5.74, 6) is 0. The summed E-state index contributed by atoms with van der Waals surface area (Å²) in [7, 11) is 0. The van der Waals surface area contributed by atoms with Crippen molar-refractivity contribution in [2.75, 3.05) is 0 Å². The van der Waals surface area contributed by atoms with Crippen LogP contribution in [0.3, 0.4) is 0 Å². The molecule has 0 saturated carbocycles. The van der Waals surface area contributed by atoms with Crippen LogP contribution in [0.1, 0.15) is 27.2 Å². The highest BCUT2D eigenvalue weighted by Gasteiger charge is 1.84. The van der Waals surface area contributed by atoms with Gasteiger partial charge in [-0.1, -0.05) is 30.7 Å². The number of hydrogen-bond acceptors (Lipinski definition) is 0. The quantitative estimate of drug-likeness (QED) is 0.521. The largest absolute Gasteiger partial charge is 0.0892 e. The van der Waals surface area contributed by atoms with Crippen LogP contribution < -0.4 is 0 Å². The zero-order valence-electron chi connectivity index (χ0n) is 6.24. The van der Waals surface area contributed by atoms with Gasteiger partial charge in [-0.05, 0) is 25.8 Å².